The summed E-state index contributed by atoms with van der Waals surface area (Å²) in [5, 5.41) is 14.8. The van der Waals surface area contributed by atoms with Crippen LogP contribution in [0.4, 0.5) is 11.4 Å². The zero-order chi connectivity index (χ0) is 17.2. The van der Waals surface area contributed by atoms with Gasteiger partial charge in [0.05, 0.1) is 18.2 Å². The van der Waals surface area contributed by atoms with Gasteiger partial charge in [0, 0.05) is 16.3 Å². The van der Waals surface area contributed by atoms with Gasteiger partial charge in [0.15, 0.2) is 0 Å². The molecule has 1 aliphatic heterocycles. The molecule has 0 radical (unpaired) electrons. The molecule has 2 aromatic rings. The van der Waals surface area contributed by atoms with Gasteiger partial charge < -0.3 is 10.0 Å². The zero-order valence-electron chi connectivity index (χ0n) is 14.1. The van der Waals surface area contributed by atoms with Gasteiger partial charge in [-0.25, -0.2) is 0 Å². The van der Waals surface area contributed by atoms with Crippen LogP contribution in [-0.2, 0) is 12.8 Å². The van der Waals surface area contributed by atoms with Gasteiger partial charge in [-0.1, -0.05) is 47.9 Å². The molecular weight excluding hydrogens is 312 g/mol. The van der Waals surface area contributed by atoms with Crippen LogP contribution in [0.25, 0.3) is 10.4 Å². The highest BCUT2D eigenvalue weighted by Crippen LogP contribution is 2.41. The smallest absolute Gasteiger partial charge is 0.0832 e. The van der Waals surface area contributed by atoms with Crippen molar-refractivity contribution in [3.05, 3.63) is 70.1 Å². The number of hydrogen-bond acceptors (Lipinski definition) is 3. The molecule has 1 aliphatic carbocycles. The van der Waals surface area contributed by atoms with Crippen LogP contribution in [0.3, 0.4) is 0 Å². The average molecular weight is 334 g/mol. The fourth-order valence-corrected chi connectivity index (χ4v) is 4.28. The summed E-state index contributed by atoms with van der Waals surface area (Å²) in [6, 6.07) is 16.5. The summed E-state index contributed by atoms with van der Waals surface area (Å²) in [6.45, 7) is 0. The summed E-state index contributed by atoms with van der Waals surface area (Å²) in [5.74, 6) is 0. The Morgan fingerprint density at radius 3 is 2.16 bits per heavy atom. The number of anilines is 2. The largest absolute Gasteiger partial charge is 0.391 e. The lowest BCUT2D eigenvalue weighted by molar-refractivity contribution is 0.0879. The minimum Gasteiger partial charge on any atom is -0.391 e. The van der Waals surface area contributed by atoms with Crippen molar-refractivity contribution in [3.63, 3.8) is 0 Å². The summed E-state index contributed by atoms with van der Waals surface area (Å²) >= 11 is 0. The van der Waals surface area contributed by atoms with E-state index in [1.165, 1.54) is 11.1 Å². The molecule has 0 aromatic heterocycles. The molecule has 3 atom stereocenters. The van der Waals surface area contributed by atoms with Gasteiger partial charge in [-0.05, 0) is 54.5 Å². The molecule has 1 unspecified atom stereocenters. The number of hydrogen-bond donors (Lipinski definition) is 1. The molecule has 0 spiro atoms. The topological polar surface area (TPSA) is 72.2 Å². The molecule has 0 bridgehead atoms. The Morgan fingerprint density at radius 1 is 0.960 bits per heavy atom. The molecule has 1 saturated carbocycles. The fraction of sp³-hybridized carbons (Fsp3) is 0.400. The predicted octanol–water partition coefficient (Wildman–Crippen LogP) is 4.52. The Hall–Kier alpha value is -2.49. The van der Waals surface area contributed by atoms with Crippen LogP contribution >= 0.6 is 0 Å². The van der Waals surface area contributed by atoms with Gasteiger partial charge in [0.1, 0.15) is 0 Å². The number of aliphatic hydroxyl groups excluding tert-OH is 1. The first-order chi connectivity index (χ1) is 12.3. The van der Waals surface area contributed by atoms with E-state index >= 15 is 0 Å². The van der Waals surface area contributed by atoms with Crippen LogP contribution in [0.5, 0.6) is 0 Å². The first kappa shape index (κ1) is 16.0. The van der Waals surface area contributed by atoms with Crippen molar-refractivity contribution >= 4 is 11.4 Å². The molecule has 0 saturated heterocycles. The molecule has 0 amide bonds. The molecule has 2 aromatic carbocycles. The number of rotatable bonds is 2. The standard InChI is InChI=1S/C20H22N4O/c21-23-22-16-8-5-11-19(20(16)25)24-17-9-3-1-6-14(17)12-13-15-7-2-4-10-18(15)24/h1-4,6-7,9-10,16,19-20,25H,5,8,11-13H2/t16?,19-,20-/m1/s1. The summed E-state index contributed by atoms with van der Waals surface area (Å²) in [5.41, 5.74) is 13.8. The van der Waals surface area contributed by atoms with Crippen molar-refractivity contribution in [2.24, 2.45) is 5.11 Å². The third kappa shape index (κ3) is 2.86. The molecule has 25 heavy (non-hydrogen) atoms. The lowest BCUT2D eigenvalue weighted by Crippen LogP contribution is -2.49. The fourth-order valence-electron chi connectivity index (χ4n) is 4.28. The molecule has 1 heterocycles. The van der Waals surface area contributed by atoms with Crippen molar-refractivity contribution in [1.82, 2.24) is 0 Å². The van der Waals surface area contributed by atoms with Crippen molar-refractivity contribution < 1.29 is 5.11 Å². The van der Waals surface area contributed by atoms with Gasteiger partial charge in [-0.15, -0.1) is 0 Å². The number of benzene rings is 2. The van der Waals surface area contributed by atoms with E-state index in [2.05, 4.69) is 63.5 Å². The van der Waals surface area contributed by atoms with Gasteiger partial charge in [-0.3, -0.25) is 0 Å². The van der Waals surface area contributed by atoms with Gasteiger partial charge in [0.25, 0.3) is 0 Å². The minimum absolute atomic E-state index is 0.0790. The third-order valence-corrected chi connectivity index (χ3v) is 5.49. The third-order valence-electron chi connectivity index (χ3n) is 5.49. The number of azide groups is 1. The Balaban J connectivity index is 1.83. The van der Waals surface area contributed by atoms with E-state index in [4.69, 9.17) is 5.53 Å². The van der Waals surface area contributed by atoms with Crippen LogP contribution in [0, 0.1) is 0 Å². The van der Waals surface area contributed by atoms with Crippen LogP contribution in [-0.4, -0.2) is 23.3 Å². The summed E-state index contributed by atoms with van der Waals surface area (Å²) in [4.78, 5) is 5.24. The van der Waals surface area contributed by atoms with Crippen molar-refractivity contribution in [2.75, 3.05) is 4.90 Å². The van der Waals surface area contributed by atoms with Gasteiger partial charge in [-0.2, -0.15) is 0 Å². The summed E-state index contributed by atoms with van der Waals surface area (Å²) in [6.07, 6.45) is 3.91. The number of aryl methyl sites for hydroxylation is 2. The van der Waals surface area contributed by atoms with Crippen LogP contribution in [0.2, 0.25) is 0 Å². The van der Waals surface area contributed by atoms with Crippen LogP contribution in [0.1, 0.15) is 30.4 Å². The number of para-hydroxylation sites is 2. The monoisotopic (exact) mass is 334 g/mol. The minimum atomic E-state index is -0.663. The average Bonchev–Trinajstić information content (AvgIpc) is 2.81. The second-order valence-corrected chi connectivity index (χ2v) is 6.89. The molecule has 1 fully saturated rings. The number of nitrogens with zero attached hydrogens (tertiary/aromatic N) is 4. The van der Waals surface area contributed by atoms with E-state index in [9.17, 15) is 5.11 Å². The second kappa shape index (κ2) is 6.79. The van der Waals surface area contributed by atoms with Gasteiger partial charge >= 0.3 is 0 Å². The first-order valence-electron chi connectivity index (χ1n) is 8.97. The Labute approximate surface area is 147 Å². The Morgan fingerprint density at radius 2 is 1.56 bits per heavy atom. The summed E-state index contributed by atoms with van der Waals surface area (Å²) in [7, 11) is 0. The Kier molecular flexibility index (Phi) is 4.35. The maximum Gasteiger partial charge on any atom is 0.0832 e. The van der Waals surface area contributed by atoms with Gasteiger partial charge in [0.2, 0.25) is 0 Å². The maximum atomic E-state index is 10.9. The van der Waals surface area contributed by atoms with E-state index in [0.717, 1.165) is 43.5 Å². The second-order valence-electron chi connectivity index (χ2n) is 6.89. The number of aliphatic hydroxyl groups is 1. The molecule has 4 rings (SSSR count). The van der Waals surface area contributed by atoms with E-state index in [1.807, 2.05) is 0 Å². The highest BCUT2D eigenvalue weighted by Gasteiger charge is 2.37. The molecule has 5 heteroatoms. The van der Waals surface area contributed by atoms with E-state index in [-0.39, 0.29) is 12.1 Å². The number of fused-ring (bicyclic) bond motifs is 2. The van der Waals surface area contributed by atoms with E-state index < -0.39 is 6.10 Å². The van der Waals surface area contributed by atoms with Crippen molar-refractivity contribution in [2.45, 2.75) is 50.3 Å². The van der Waals surface area contributed by atoms with E-state index in [1.54, 1.807) is 0 Å². The zero-order valence-corrected chi connectivity index (χ0v) is 14.1. The SMILES string of the molecule is [N-]=[N+]=NC1CCC[C@@H](N2c3ccccc3CCc3ccccc32)[C@@H]1O. The lowest BCUT2D eigenvalue weighted by Gasteiger charge is -2.42. The Bertz CT molecular complexity index is 767. The molecule has 1 N–H and O–H groups in total. The van der Waals surface area contributed by atoms with Crippen molar-refractivity contribution in [1.29, 1.82) is 0 Å². The first-order valence-corrected chi connectivity index (χ1v) is 8.97. The highest BCUT2D eigenvalue weighted by atomic mass is 16.3. The molecule has 2 aliphatic rings. The maximum absolute atomic E-state index is 10.9. The van der Waals surface area contributed by atoms with E-state index in [0.29, 0.717) is 0 Å². The molecule has 5 nitrogen and oxygen atoms in total. The molecule has 128 valence electrons. The highest BCUT2D eigenvalue weighted by molar-refractivity contribution is 5.72. The normalized spacial score (nSPS) is 25.3. The van der Waals surface area contributed by atoms with Crippen molar-refractivity contribution in [3.8, 4) is 0 Å². The quantitative estimate of drug-likeness (QED) is 0.498. The summed E-state index contributed by atoms with van der Waals surface area (Å²) < 4.78 is 0. The van der Waals surface area contributed by atoms with Crippen LogP contribution < -0.4 is 4.90 Å². The predicted molar refractivity (Wildman–Crippen MR) is 99.0 cm³/mol. The molecular formula is C20H22N4O. The van der Waals surface area contributed by atoms with Crippen LogP contribution in [0.15, 0.2) is 53.6 Å². The lowest BCUT2D eigenvalue weighted by atomic mass is 9.86.